The van der Waals surface area contributed by atoms with Gasteiger partial charge in [-0.15, -0.1) is 0 Å². The van der Waals surface area contributed by atoms with Crippen LogP contribution >= 0.6 is 0 Å². The van der Waals surface area contributed by atoms with Gasteiger partial charge in [0.2, 0.25) is 0 Å². The van der Waals surface area contributed by atoms with E-state index in [1.54, 1.807) is 6.20 Å². The minimum Gasteiger partial charge on any atom is -0.491 e. The predicted molar refractivity (Wildman–Crippen MR) is 87.1 cm³/mol. The molecule has 0 spiro atoms. The number of ether oxygens (including phenoxy) is 1. The molecule has 0 fully saturated rings. The lowest BCUT2D eigenvalue weighted by Crippen LogP contribution is -2.32. The Hall–Kier alpha value is -1.85. The van der Waals surface area contributed by atoms with Crippen molar-refractivity contribution in [2.24, 2.45) is 0 Å². The van der Waals surface area contributed by atoms with Crippen molar-refractivity contribution in [3.8, 4) is 5.75 Å². The van der Waals surface area contributed by atoms with Gasteiger partial charge in [0.1, 0.15) is 18.5 Å². The quantitative estimate of drug-likeness (QED) is 0.695. The molecule has 2 N–H and O–H groups in total. The molecule has 5 nitrogen and oxygen atoms in total. The van der Waals surface area contributed by atoms with Crippen LogP contribution in [0, 0.1) is 13.8 Å². The van der Waals surface area contributed by atoms with Crippen molar-refractivity contribution in [2.45, 2.75) is 32.9 Å². The van der Waals surface area contributed by atoms with Gasteiger partial charge in [0.15, 0.2) is 0 Å². The second-order valence-electron chi connectivity index (χ2n) is 5.65. The van der Waals surface area contributed by atoms with E-state index in [1.165, 1.54) is 11.1 Å². The Balaban J connectivity index is 1.58. The summed E-state index contributed by atoms with van der Waals surface area (Å²) < 4.78 is 7.69. The number of aromatic nitrogens is 2. The van der Waals surface area contributed by atoms with Crippen LogP contribution in [-0.4, -0.2) is 40.5 Å². The normalized spacial score (nSPS) is 12.3. The number of imidazole rings is 1. The van der Waals surface area contributed by atoms with E-state index >= 15 is 0 Å². The number of hydrogen-bond donors (Lipinski definition) is 2. The maximum atomic E-state index is 9.93. The highest BCUT2D eigenvalue weighted by atomic mass is 16.5. The summed E-state index contributed by atoms with van der Waals surface area (Å²) in [5, 5.41) is 13.2. The molecule has 0 unspecified atom stereocenters. The van der Waals surface area contributed by atoms with Gasteiger partial charge in [0.05, 0.1) is 6.33 Å². The molecule has 0 bridgehead atoms. The fourth-order valence-electron chi connectivity index (χ4n) is 2.34. The molecule has 0 saturated carbocycles. The number of benzene rings is 1. The van der Waals surface area contributed by atoms with E-state index in [-0.39, 0.29) is 0 Å². The van der Waals surface area contributed by atoms with Gasteiger partial charge in [-0.05, 0) is 50.1 Å². The van der Waals surface area contributed by atoms with Crippen LogP contribution < -0.4 is 10.1 Å². The Morgan fingerprint density at radius 1 is 1.27 bits per heavy atom. The van der Waals surface area contributed by atoms with E-state index in [4.69, 9.17) is 4.74 Å². The number of aryl methyl sites for hydroxylation is 3. The molecule has 0 aliphatic rings. The summed E-state index contributed by atoms with van der Waals surface area (Å²) in [7, 11) is 0. The molecule has 2 aromatic rings. The minimum absolute atomic E-state index is 0.303. The molecule has 5 heteroatoms. The van der Waals surface area contributed by atoms with E-state index in [2.05, 4.69) is 16.4 Å². The van der Waals surface area contributed by atoms with Gasteiger partial charge in [-0.2, -0.15) is 0 Å². The third kappa shape index (κ3) is 5.87. The summed E-state index contributed by atoms with van der Waals surface area (Å²) in [5.74, 6) is 0.816. The van der Waals surface area contributed by atoms with Crippen LogP contribution in [0.2, 0.25) is 0 Å². The SMILES string of the molecule is Cc1cc(C)cc(OC[C@@H](O)CNCCCn2ccnc2)c1. The van der Waals surface area contributed by atoms with Crippen LogP contribution in [0.1, 0.15) is 17.5 Å². The van der Waals surface area contributed by atoms with Gasteiger partial charge in [-0.3, -0.25) is 0 Å². The average molecular weight is 303 g/mol. The first-order chi connectivity index (χ1) is 10.6. The molecule has 1 atom stereocenters. The largest absolute Gasteiger partial charge is 0.491 e. The van der Waals surface area contributed by atoms with E-state index in [0.717, 1.165) is 25.3 Å². The molecular weight excluding hydrogens is 278 g/mol. The van der Waals surface area contributed by atoms with Gasteiger partial charge >= 0.3 is 0 Å². The zero-order valence-electron chi connectivity index (χ0n) is 13.3. The molecule has 1 heterocycles. The van der Waals surface area contributed by atoms with Crippen molar-refractivity contribution in [2.75, 3.05) is 19.7 Å². The lowest BCUT2D eigenvalue weighted by Gasteiger charge is -2.14. The third-order valence-corrected chi connectivity index (χ3v) is 3.35. The van der Waals surface area contributed by atoms with E-state index in [9.17, 15) is 5.11 Å². The minimum atomic E-state index is -0.505. The fraction of sp³-hybridized carbons (Fsp3) is 0.471. The first kappa shape index (κ1) is 16.5. The Labute approximate surface area is 132 Å². The van der Waals surface area contributed by atoms with Gasteiger partial charge in [0.25, 0.3) is 0 Å². The summed E-state index contributed by atoms with van der Waals surface area (Å²) >= 11 is 0. The average Bonchev–Trinajstić information content (AvgIpc) is 2.97. The number of rotatable bonds is 9. The monoisotopic (exact) mass is 303 g/mol. The first-order valence-corrected chi connectivity index (χ1v) is 7.69. The summed E-state index contributed by atoms with van der Waals surface area (Å²) in [6.45, 7) is 6.71. The molecule has 0 aliphatic carbocycles. The van der Waals surface area contributed by atoms with E-state index in [1.807, 2.05) is 43.1 Å². The summed E-state index contributed by atoms with van der Waals surface area (Å²) in [4.78, 5) is 4.00. The lowest BCUT2D eigenvalue weighted by atomic mass is 10.1. The van der Waals surface area contributed by atoms with Crippen LogP contribution in [0.3, 0.4) is 0 Å². The molecule has 22 heavy (non-hydrogen) atoms. The molecular formula is C17H25N3O2. The first-order valence-electron chi connectivity index (χ1n) is 7.69. The number of aliphatic hydroxyl groups excluding tert-OH is 1. The summed E-state index contributed by atoms with van der Waals surface area (Å²) in [6, 6.07) is 6.07. The number of aliphatic hydroxyl groups is 1. The topological polar surface area (TPSA) is 59.3 Å². The zero-order chi connectivity index (χ0) is 15.8. The second kappa shape index (κ2) is 8.56. The molecule has 0 amide bonds. The molecule has 2 rings (SSSR count). The third-order valence-electron chi connectivity index (χ3n) is 3.35. The summed E-state index contributed by atoms with van der Waals surface area (Å²) in [5.41, 5.74) is 2.34. The van der Waals surface area contributed by atoms with Crippen LogP contribution in [0.4, 0.5) is 0 Å². The van der Waals surface area contributed by atoms with Crippen molar-refractivity contribution >= 4 is 0 Å². The second-order valence-corrected chi connectivity index (χ2v) is 5.65. The maximum absolute atomic E-state index is 9.93. The van der Waals surface area contributed by atoms with Crippen molar-refractivity contribution in [1.82, 2.24) is 14.9 Å². The molecule has 0 radical (unpaired) electrons. The highest BCUT2D eigenvalue weighted by molar-refractivity contribution is 5.32. The fourth-order valence-corrected chi connectivity index (χ4v) is 2.34. The molecule has 0 saturated heterocycles. The smallest absolute Gasteiger partial charge is 0.119 e. The Morgan fingerprint density at radius 2 is 2.05 bits per heavy atom. The molecule has 0 aliphatic heterocycles. The van der Waals surface area contributed by atoms with Crippen LogP contribution in [0.5, 0.6) is 5.75 Å². The van der Waals surface area contributed by atoms with Gasteiger partial charge in [-0.1, -0.05) is 6.07 Å². The lowest BCUT2D eigenvalue weighted by molar-refractivity contribution is 0.106. The number of nitrogens with zero attached hydrogens (tertiary/aromatic N) is 2. The van der Waals surface area contributed by atoms with Gasteiger partial charge in [-0.25, -0.2) is 4.98 Å². The molecule has 120 valence electrons. The maximum Gasteiger partial charge on any atom is 0.119 e. The van der Waals surface area contributed by atoms with Crippen molar-refractivity contribution in [3.05, 3.63) is 48.0 Å². The Bertz CT molecular complexity index is 535. The highest BCUT2D eigenvalue weighted by Crippen LogP contribution is 2.16. The van der Waals surface area contributed by atoms with Gasteiger partial charge in [0, 0.05) is 25.5 Å². The van der Waals surface area contributed by atoms with Gasteiger partial charge < -0.3 is 19.7 Å². The van der Waals surface area contributed by atoms with E-state index in [0.29, 0.717) is 13.2 Å². The van der Waals surface area contributed by atoms with Crippen LogP contribution in [-0.2, 0) is 6.54 Å². The van der Waals surface area contributed by atoms with E-state index < -0.39 is 6.10 Å². The van der Waals surface area contributed by atoms with Crippen LogP contribution in [0.15, 0.2) is 36.9 Å². The standard InChI is InChI=1S/C17H25N3O2/c1-14-8-15(2)10-17(9-14)22-12-16(21)11-18-4-3-6-20-7-5-19-13-20/h5,7-10,13,16,18,21H,3-4,6,11-12H2,1-2H3/t16-/m0/s1. The highest BCUT2D eigenvalue weighted by Gasteiger charge is 2.05. The van der Waals surface area contributed by atoms with Crippen LogP contribution in [0.25, 0.3) is 0 Å². The number of hydrogen-bond acceptors (Lipinski definition) is 4. The number of nitrogens with one attached hydrogen (secondary N) is 1. The predicted octanol–water partition coefficient (Wildman–Crippen LogP) is 1.92. The summed E-state index contributed by atoms with van der Waals surface area (Å²) in [6.07, 6.45) is 6.04. The molecule has 1 aromatic heterocycles. The van der Waals surface area contributed by atoms with Crippen molar-refractivity contribution in [1.29, 1.82) is 0 Å². The van der Waals surface area contributed by atoms with Crippen molar-refractivity contribution in [3.63, 3.8) is 0 Å². The Morgan fingerprint density at radius 3 is 2.73 bits per heavy atom. The Kier molecular flexibility index (Phi) is 6.43. The zero-order valence-corrected chi connectivity index (χ0v) is 13.3. The van der Waals surface area contributed by atoms with Crippen molar-refractivity contribution < 1.29 is 9.84 Å². The molecule has 1 aromatic carbocycles.